The largest absolute Gasteiger partial charge is 0.331 e. The summed E-state index contributed by atoms with van der Waals surface area (Å²) in [6.45, 7) is 15.7. The topological polar surface area (TPSA) is 17.8 Å². The molecule has 3 heteroatoms. The quantitative estimate of drug-likeness (QED) is 0.584. The van der Waals surface area contributed by atoms with Crippen LogP contribution < -0.4 is 0 Å². The van der Waals surface area contributed by atoms with Crippen molar-refractivity contribution in [2.24, 2.45) is 7.05 Å². The van der Waals surface area contributed by atoms with E-state index >= 15 is 0 Å². The van der Waals surface area contributed by atoms with E-state index in [-0.39, 0.29) is 0 Å². The molecule has 0 amide bonds. The third-order valence-electron chi connectivity index (χ3n) is 4.52. The van der Waals surface area contributed by atoms with Crippen LogP contribution in [0.15, 0.2) is 0 Å². The van der Waals surface area contributed by atoms with Crippen LogP contribution in [0.4, 0.5) is 0 Å². The fourth-order valence-corrected chi connectivity index (χ4v) is 3.53. The lowest BCUT2D eigenvalue weighted by Gasteiger charge is -2.11. The van der Waals surface area contributed by atoms with Crippen molar-refractivity contribution in [2.75, 3.05) is 0 Å². The predicted octanol–water partition coefficient (Wildman–Crippen LogP) is 4.62. The van der Waals surface area contributed by atoms with Gasteiger partial charge in [-0.3, -0.25) is 0 Å². The third-order valence-corrected chi connectivity index (χ3v) is 5.45. The van der Waals surface area contributed by atoms with Crippen LogP contribution in [-0.2, 0) is 13.5 Å². The lowest BCUT2D eigenvalue weighted by atomic mass is 9.97. The highest BCUT2D eigenvalue weighted by Gasteiger charge is 2.16. The normalized spacial score (nSPS) is 11.6. The molecule has 1 aromatic heterocycles. The Kier molecular flexibility index (Phi) is 4.53. The summed E-state index contributed by atoms with van der Waals surface area (Å²) < 4.78 is 2.26. The first-order chi connectivity index (χ1) is 10.1. The molecule has 22 heavy (non-hydrogen) atoms. The number of aryl methyl sites for hydroxylation is 4. The Bertz CT molecular complexity index is 780. The average Bonchev–Trinajstić information content (AvgIpc) is 2.75. The van der Waals surface area contributed by atoms with Crippen LogP contribution >= 0.6 is 0 Å². The van der Waals surface area contributed by atoms with Gasteiger partial charge in [-0.05, 0) is 49.9 Å². The summed E-state index contributed by atoms with van der Waals surface area (Å²) in [7, 11) is 0.875. The second kappa shape index (κ2) is 5.93. The Balaban J connectivity index is 2.41. The fourth-order valence-electron chi connectivity index (χ4n) is 2.88. The van der Waals surface area contributed by atoms with Crippen molar-refractivity contribution < 1.29 is 0 Å². The van der Waals surface area contributed by atoms with Gasteiger partial charge in [-0.1, -0.05) is 19.6 Å². The summed E-state index contributed by atoms with van der Waals surface area (Å²) >= 11 is 0. The molecule has 1 aromatic carbocycles. The standard InChI is InChI=1S/C19H28N2Si/c1-13-14(2)16(4)19-18(15(13)3)20-17(21(19)5)11-9-10-12-22(6,7)8/h9,11H2,1-8H3. The molecule has 0 unspecified atom stereocenters. The van der Waals surface area contributed by atoms with Crippen LogP contribution in [0.2, 0.25) is 19.6 Å². The number of hydrogen-bond acceptors (Lipinski definition) is 1. The predicted molar refractivity (Wildman–Crippen MR) is 99.1 cm³/mol. The van der Waals surface area contributed by atoms with Crippen molar-refractivity contribution >= 4 is 19.1 Å². The zero-order valence-electron chi connectivity index (χ0n) is 15.3. The Hall–Kier alpha value is -1.53. The number of rotatable bonds is 2. The molecule has 0 aliphatic heterocycles. The summed E-state index contributed by atoms with van der Waals surface area (Å²) in [4.78, 5) is 4.92. The molecule has 2 rings (SSSR count). The molecular formula is C19H28N2Si. The van der Waals surface area contributed by atoms with Gasteiger partial charge in [0, 0.05) is 19.9 Å². The molecule has 0 N–H and O–H groups in total. The van der Waals surface area contributed by atoms with Crippen molar-refractivity contribution in [1.82, 2.24) is 9.55 Å². The molecule has 0 fully saturated rings. The van der Waals surface area contributed by atoms with E-state index in [9.17, 15) is 0 Å². The molecule has 0 saturated carbocycles. The van der Waals surface area contributed by atoms with Gasteiger partial charge in [0.05, 0.1) is 11.0 Å². The maximum absolute atomic E-state index is 4.92. The highest BCUT2D eigenvalue weighted by atomic mass is 28.3. The average molecular weight is 313 g/mol. The first-order valence-electron chi connectivity index (χ1n) is 8.05. The number of aromatic nitrogens is 2. The summed E-state index contributed by atoms with van der Waals surface area (Å²) in [5.74, 6) is 4.50. The molecule has 0 bridgehead atoms. The minimum Gasteiger partial charge on any atom is -0.331 e. The third kappa shape index (κ3) is 3.12. The first kappa shape index (κ1) is 16.8. The van der Waals surface area contributed by atoms with Gasteiger partial charge < -0.3 is 4.57 Å². The number of benzene rings is 1. The van der Waals surface area contributed by atoms with E-state index in [0.717, 1.165) is 24.2 Å². The molecular weight excluding hydrogens is 284 g/mol. The maximum atomic E-state index is 4.92. The molecule has 2 nitrogen and oxygen atoms in total. The van der Waals surface area contributed by atoms with Gasteiger partial charge in [0.2, 0.25) is 0 Å². The Morgan fingerprint density at radius 3 is 2.14 bits per heavy atom. The molecule has 0 atom stereocenters. The van der Waals surface area contributed by atoms with Gasteiger partial charge in [0.25, 0.3) is 0 Å². The number of imidazole rings is 1. The molecule has 0 spiro atoms. The van der Waals surface area contributed by atoms with Crippen molar-refractivity contribution in [3.63, 3.8) is 0 Å². The van der Waals surface area contributed by atoms with Crippen LogP contribution in [0.3, 0.4) is 0 Å². The highest BCUT2D eigenvalue weighted by molar-refractivity contribution is 6.83. The van der Waals surface area contributed by atoms with Gasteiger partial charge in [-0.2, -0.15) is 0 Å². The number of fused-ring (bicyclic) bond motifs is 1. The molecule has 0 aliphatic carbocycles. The minimum absolute atomic E-state index is 0.900. The smallest absolute Gasteiger partial charge is 0.129 e. The lowest BCUT2D eigenvalue weighted by molar-refractivity contribution is 0.802. The lowest BCUT2D eigenvalue weighted by Crippen LogP contribution is -2.16. The summed E-state index contributed by atoms with van der Waals surface area (Å²) in [5.41, 5.74) is 11.3. The Morgan fingerprint density at radius 1 is 0.955 bits per heavy atom. The monoisotopic (exact) mass is 312 g/mol. The van der Waals surface area contributed by atoms with Crippen LogP contribution in [0.5, 0.6) is 0 Å². The summed E-state index contributed by atoms with van der Waals surface area (Å²) in [6.07, 6.45) is 1.83. The highest BCUT2D eigenvalue weighted by Crippen LogP contribution is 2.29. The first-order valence-corrected chi connectivity index (χ1v) is 11.5. The van der Waals surface area contributed by atoms with Crippen LogP contribution in [0.1, 0.15) is 34.5 Å². The van der Waals surface area contributed by atoms with Crippen molar-refractivity contribution in [3.05, 3.63) is 28.1 Å². The summed E-state index contributed by atoms with van der Waals surface area (Å²) in [6, 6.07) is 0. The zero-order chi connectivity index (χ0) is 16.7. The summed E-state index contributed by atoms with van der Waals surface area (Å²) in [5, 5.41) is 0. The Labute approximate surface area is 136 Å². The maximum Gasteiger partial charge on any atom is 0.129 e. The minimum atomic E-state index is -1.26. The molecule has 1 heterocycles. The van der Waals surface area contributed by atoms with Gasteiger partial charge in [0.1, 0.15) is 13.9 Å². The molecule has 0 aliphatic rings. The van der Waals surface area contributed by atoms with Gasteiger partial charge in [-0.15, -0.1) is 11.5 Å². The van der Waals surface area contributed by atoms with E-state index in [2.05, 4.69) is 70.4 Å². The molecule has 2 aromatic rings. The van der Waals surface area contributed by atoms with E-state index in [0.29, 0.717) is 0 Å². The van der Waals surface area contributed by atoms with E-state index in [1.165, 1.54) is 27.8 Å². The van der Waals surface area contributed by atoms with Crippen LogP contribution in [0.25, 0.3) is 11.0 Å². The molecule has 118 valence electrons. The van der Waals surface area contributed by atoms with Gasteiger partial charge >= 0.3 is 0 Å². The van der Waals surface area contributed by atoms with E-state index < -0.39 is 8.07 Å². The second-order valence-corrected chi connectivity index (χ2v) is 12.1. The van der Waals surface area contributed by atoms with E-state index in [1.54, 1.807) is 0 Å². The van der Waals surface area contributed by atoms with Crippen molar-refractivity contribution in [3.8, 4) is 11.5 Å². The van der Waals surface area contributed by atoms with Crippen molar-refractivity contribution in [2.45, 2.75) is 60.2 Å². The van der Waals surface area contributed by atoms with Gasteiger partial charge in [-0.25, -0.2) is 4.98 Å². The van der Waals surface area contributed by atoms with E-state index in [1.807, 2.05) is 0 Å². The SMILES string of the molecule is Cc1c(C)c(C)c2c(nc(CCC#C[Si](C)(C)C)n2C)c1C. The second-order valence-electron chi connectivity index (χ2n) is 7.34. The Morgan fingerprint density at radius 2 is 1.55 bits per heavy atom. The van der Waals surface area contributed by atoms with Crippen LogP contribution in [-0.4, -0.2) is 17.6 Å². The number of hydrogen-bond donors (Lipinski definition) is 0. The number of nitrogens with zero attached hydrogens (tertiary/aromatic N) is 2. The zero-order valence-corrected chi connectivity index (χ0v) is 16.3. The van der Waals surface area contributed by atoms with E-state index in [4.69, 9.17) is 4.98 Å². The molecule has 0 radical (unpaired) electrons. The van der Waals surface area contributed by atoms with Crippen LogP contribution in [0, 0.1) is 39.2 Å². The van der Waals surface area contributed by atoms with Crippen molar-refractivity contribution in [1.29, 1.82) is 0 Å². The van der Waals surface area contributed by atoms with Gasteiger partial charge in [0.15, 0.2) is 0 Å². The molecule has 0 saturated heterocycles. The fraction of sp³-hybridized carbons (Fsp3) is 0.526.